The molecule has 1 aliphatic heterocycles. The van der Waals surface area contributed by atoms with Gasteiger partial charge >= 0.3 is 0 Å². The molecule has 2 rings (SSSR count). The minimum atomic E-state index is -0.0766. The second-order valence-corrected chi connectivity index (χ2v) is 2.69. The second-order valence-electron chi connectivity index (χ2n) is 2.69. The average molecular weight is 161 g/mol. The largest absolute Gasteiger partial charge is 0.325 e. The number of hydrogen-bond acceptors (Lipinski definition) is 3. The molecule has 0 aromatic rings. The highest BCUT2D eigenvalue weighted by atomic mass is 16.1. The number of hydrogen-bond donors (Lipinski definition) is 3. The van der Waals surface area contributed by atoms with Crippen molar-refractivity contribution < 1.29 is 4.79 Å². The van der Waals surface area contributed by atoms with Crippen LogP contribution in [0, 0.1) is 10.8 Å². The van der Waals surface area contributed by atoms with Crippen molar-refractivity contribution in [3.63, 3.8) is 0 Å². The third-order valence-electron chi connectivity index (χ3n) is 1.91. The number of amidine groups is 2. The fourth-order valence-electron chi connectivity index (χ4n) is 1.36. The molecule has 60 valence electrons. The van der Waals surface area contributed by atoms with Crippen molar-refractivity contribution in [2.24, 2.45) is 0 Å². The molecule has 0 aromatic carbocycles. The summed E-state index contributed by atoms with van der Waals surface area (Å²) in [5.41, 5.74) is 0.916. The molecular formula is C8H7N3O. The molecule has 4 nitrogen and oxygen atoms in total. The molecule has 0 unspecified atom stereocenters. The first kappa shape index (κ1) is 6.97. The average Bonchev–Trinajstić information content (AvgIpc) is 2.29. The summed E-state index contributed by atoms with van der Waals surface area (Å²) < 4.78 is 0. The fourth-order valence-corrected chi connectivity index (χ4v) is 1.36. The smallest absolute Gasteiger partial charge is 0.171 e. The summed E-state index contributed by atoms with van der Waals surface area (Å²) in [6, 6.07) is 0. The SMILES string of the molecule is N=C1NC(=N)C2=C1C=CCC2=O. The number of allylic oxidation sites excluding steroid dienone is 1. The maximum Gasteiger partial charge on any atom is 0.171 e. The number of ketones is 1. The van der Waals surface area contributed by atoms with Crippen molar-refractivity contribution in [2.45, 2.75) is 6.42 Å². The molecule has 0 amide bonds. The Morgan fingerprint density at radius 2 is 2.08 bits per heavy atom. The zero-order valence-electron chi connectivity index (χ0n) is 6.27. The number of carbonyl (C=O) groups is 1. The summed E-state index contributed by atoms with van der Waals surface area (Å²) in [4.78, 5) is 11.2. The molecular weight excluding hydrogens is 154 g/mol. The minimum Gasteiger partial charge on any atom is -0.325 e. The molecule has 0 bridgehead atoms. The van der Waals surface area contributed by atoms with E-state index < -0.39 is 0 Å². The van der Waals surface area contributed by atoms with Gasteiger partial charge in [0.15, 0.2) is 5.78 Å². The van der Waals surface area contributed by atoms with E-state index in [2.05, 4.69) is 5.32 Å². The quantitative estimate of drug-likeness (QED) is 0.480. The molecule has 0 spiro atoms. The minimum absolute atomic E-state index is 0.0596. The second kappa shape index (κ2) is 2.14. The van der Waals surface area contributed by atoms with Gasteiger partial charge in [0.2, 0.25) is 0 Å². The highest BCUT2D eigenvalue weighted by Gasteiger charge is 2.29. The van der Waals surface area contributed by atoms with Gasteiger partial charge in [-0.1, -0.05) is 12.2 Å². The summed E-state index contributed by atoms with van der Waals surface area (Å²) in [5.74, 6) is 0.135. The Bertz CT molecular complexity index is 352. The van der Waals surface area contributed by atoms with Crippen LogP contribution in [0.2, 0.25) is 0 Å². The highest BCUT2D eigenvalue weighted by molar-refractivity contribution is 6.35. The van der Waals surface area contributed by atoms with Crippen molar-refractivity contribution in [3.8, 4) is 0 Å². The van der Waals surface area contributed by atoms with Gasteiger partial charge in [0.05, 0.1) is 5.57 Å². The Labute approximate surface area is 69.0 Å². The van der Waals surface area contributed by atoms with Gasteiger partial charge in [0, 0.05) is 12.0 Å². The van der Waals surface area contributed by atoms with Crippen LogP contribution in [0.4, 0.5) is 0 Å². The number of Topliss-reactive ketones (excluding diaryl/α,β-unsaturated/α-hetero) is 1. The summed E-state index contributed by atoms with van der Waals surface area (Å²) >= 11 is 0. The molecule has 1 aliphatic carbocycles. The van der Waals surface area contributed by atoms with E-state index in [1.165, 1.54) is 0 Å². The summed E-state index contributed by atoms with van der Waals surface area (Å²) in [6.45, 7) is 0. The van der Waals surface area contributed by atoms with Gasteiger partial charge in [-0.05, 0) is 0 Å². The van der Waals surface area contributed by atoms with E-state index in [4.69, 9.17) is 10.8 Å². The number of nitrogens with one attached hydrogen (secondary N) is 3. The maximum absolute atomic E-state index is 11.2. The van der Waals surface area contributed by atoms with Crippen molar-refractivity contribution >= 4 is 17.5 Å². The predicted molar refractivity (Wildman–Crippen MR) is 44.4 cm³/mol. The van der Waals surface area contributed by atoms with Crippen molar-refractivity contribution in [1.29, 1.82) is 10.8 Å². The van der Waals surface area contributed by atoms with Crippen molar-refractivity contribution in [1.82, 2.24) is 5.32 Å². The standard InChI is InChI=1S/C8H7N3O/c9-7-4-2-1-3-5(12)6(4)8(10)11-7/h1-2H,3H2,(H3,9,10,11). The predicted octanol–water partition coefficient (Wildman–Crippen LogP) is 0.370. The van der Waals surface area contributed by atoms with Crippen LogP contribution >= 0.6 is 0 Å². The molecule has 0 atom stereocenters. The molecule has 0 fully saturated rings. The van der Waals surface area contributed by atoms with Crippen LogP contribution in [-0.2, 0) is 4.79 Å². The number of carbonyl (C=O) groups excluding carboxylic acids is 1. The highest BCUT2D eigenvalue weighted by Crippen LogP contribution is 2.20. The van der Waals surface area contributed by atoms with Crippen LogP contribution in [0.25, 0.3) is 0 Å². The van der Waals surface area contributed by atoms with Crippen LogP contribution in [0.1, 0.15) is 6.42 Å². The maximum atomic E-state index is 11.2. The molecule has 4 heteroatoms. The first-order valence-corrected chi connectivity index (χ1v) is 3.59. The first-order chi connectivity index (χ1) is 5.70. The van der Waals surface area contributed by atoms with E-state index in [1.807, 2.05) is 0 Å². The lowest BCUT2D eigenvalue weighted by Crippen LogP contribution is -2.23. The van der Waals surface area contributed by atoms with Crippen molar-refractivity contribution in [2.75, 3.05) is 0 Å². The molecule has 3 N–H and O–H groups in total. The van der Waals surface area contributed by atoms with Crippen molar-refractivity contribution in [3.05, 3.63) is 23.3 Å². The van der Waals surface area contributed by atoms with Crippen LogP contribution < -0.4 is 5.32 Å². The molecule has 0 saturated heterocycles. The van der Waals surface area contributed by atoms with Gasteiger partial charge in [-0.3, -0.25) is 15.6 Å². The van der Waals surface area contributed by atoms with Gasteiger partial charge in [-0.15, -0.1) is 0 Å². The van der Waals surface area contributed by atoms with E-state index in [0.29, 0.717) is 17.6 Å². The zero-order valence-corrected chi connectivity index (χ0v) is 6.27. The molecule has 0 aromatic heterocycles. The Balaban J connectivity index is 2.59. The molecule has 1 heterocycles. The zero-order chi connectivity index (χ0) is 8.72. The van der Waals surface area contributed by atoms with E-state index in [1.54, 1.807) is 12.2 Å². The molecule has 2 aliphatic rings. The van der Waals surface area contributed by atoms with E-state index >= 15 is 0 Å². The van der Waals surface area contributed by atoms with Crippen LogP contribution in [0.3, 0.4) is 0 Å². The van der Waals surface area contributed by atoms with Gasteiger partial charge in [0.25, 0.3) is 0 Å². The third kappa shape index (κ3) is 0.747. The Kier molecular flexibility index (Phi) is 1.24. The lowest BCUT2D eigenvalue weighted by atomic mass is 9.98. The van der Waals surface area contributed by atoms with Crippen LogP contribution in [0.15, 0.2) is 23.3 Å². The molecule has 0 radical (unpaired) electrons. The fraction of sp³-hybridized carbons (Fsp3) is 0.125. The van der Waals surface area contributed by atoms with Crippen LogP contribution in [-0.4, -0.2) is 17.5 Å². The molecule has 12 heavy (non-hydrogen) atoms. The van der Waals surface area contributed by atoms with Gasteiger partial charge < -0.3 is 5.32 Å². The summed E-state index contributed by atoms with van der Waals surface area (Å²) in [5, 5.41) is 17.3. The summed E-state index contributed by atoms with van der Waals surface area (Å²) in [7, 11) is 0. The van der Waals surface area contributed by atoms with Gasteiger partial charge in [-0.2, -0.15) is 0 Å². The lowest BCUT2D eigenvalue weighted by Gasteiger charge is -2.03. The number of rotatable bonds is 0. The third-order valence-corrected chi connectivity index (χ3v) is 1.91. The Hall–Kier alpha value is -1.71. The molecule has 0 saturated carbocycles. The van der Waals surface area contributed by atoms with E-state index in [-0.39, 0.29) is 17.5 Å². The lowest BCUT2D eigenvalue weighted by molar-refractivity contribution is -0.114. The van der Waals surface area contributed by atoms with Gasteiger partial charge in [0.1, 0.15) is 11.7 Å². The Morgan fingerprint density at radius 1 is 1.33 bits per heavy atom. The van der Waals surface area contributed by atoms with E-state index in [9.17, 15) is 4.79 Å². The normalized spacial score (nSPS) is 21.5. The monoisotopic (exact) mass is 161 g/mol. The topological polar surface area (TPSA) is 76.8 Å². The van der Waals surface area contributed by atoms with Crippen LogP contribution in [0.5, 0.6) is 0 Å². The first-order valence-electron chi connectivity index (χ1n) is 3.59. The van der Waals surface area contributed by atoms with E-state index in [0.717, 1.165) is 0 Å². The summed E-state index contributed by atoms with van der Waals surface area (Å²) in [6.07, 6.45) is 3.78. The Morgan fingerprint density at radius 3 is 2.75 bits per heavy atom. The van der Waals surface area contributed by atoms with Gasteiger partial charge in [-0.25, -0.2) is 0 Å².